The second-order valence-corrected chi connectivity index (χ2v) is 3.93. The van der Waals surface area contributed by atoms with Crippen LogP contribution in [-0.2, 0) is 17.8 Å². The molecule has 0 unspecified atom stereocenters. The fourth-order valence-electron chi connectivity index (χ4n) is 1.95. The minimum atomic E-state index is 0.752. The van der Waals surface area contributed by atoms with Gasteiger partial charge in [0, 0.05) is 31.9 Å². The third kappa shape index (κ3) is 2.26. The van der Waals surface area contributed by atoms with Crippen LogP contribution in [0.5, 0.6) is 0 Å². The molecule has 1 N–H and O–H groups in total. The number of benzene rings is 1. The summed E-state index contributed by atoms with van der Waals surface area (Å²) in [6.45, 7) is 2.58. The van der Waals surface area contributed by atoms with Crippen molar-refractivity contribution < 1.29 is 4.74 Å². The van der Waals surface area contributed by atoms with Crippen LogP contribution >= 0.6 is 0 Å². The van der Waals surface area contributed by atoms with Crippen molar-refractivity contribution in [1.29, 1.82) is 0 Å². The van der Waals surface area contributed by atoms with Crippen LogP contribution in [0.2, 0.25) is 0 Å². The van der Waals surface area contributed by atoms with Crippen molar-refractivity contribution in [2.24, 2.45) is 0 Å². The van der Waals surface area contributed by atoms with Crippen molar-refractivity contribution in [2.75, 3.05) is 20.8 Å². The Kier molecular flexibility index (Phi) is 3.59. The van der Waals surface area contributed by atoms with Crippen LogP contribution in [0.1, 0.15) is 5.56 Å². The number of hydrogen-bond acceptors (Lipinski definition) is 2. The highest BCUT2D eigenvalue weighted by Crippen LogP contribution is 2.17. The Labute approximate surface area is 96.0 Å². The average molecular weight is 218 g/mol. The van der Waals surface area contributed by atoms with Crippen LogP contribution < -0.4 is 5.32 Å². The maximum absolute atomic E-state index is 5.10. The lowest BCUT2D eigenvalue weighted by Gasteiger charge is -2.05. The first-order chi connectivity index (χ1) is 7.85. The summed E-state index contributed by atoms with van der Waals surface area (Å²) < 4.78 is 7.32. The molecule has 2 aromatic rings. The number of nitrogens with zero attached hydrogens (tertiary/aromatic N) is 1. The molecular formula is C13H18N2O. The zero-order valence-corrected chi connectivity index (χ0v) is 9.86. The zero-order chi connectivity index (χ0) is 11.4. The molecule has 0 fully saturated rings. The number of hydrogen-bond donors (Lipinski definition) is 1. The lowest BCUT2D eigenvalue weighted by atomic mass is 10.1. The van der Waals surface area contributed by atoms with Gasteiger partial charge in [-0.15, -0.1) is 0 Å². The van der Waals surface area contributed by atoms with E-state index in [1.165, 1.54) is 16.5 Å². The Morgan fingerprint density at radius 2 is 2.19 bits per heavy atom. The van der Waals surface area contributed by atoms with Gasteiger partial charge in [-0.3, -0.25) is 0 Å². The van der Waals surface area contributed by atoms with Crippen molar-refractivity contribution in [3.63, 3.8) is 0 Å². The molecule has 0 aliphatic carbocycles. The molecule has 0 radical (unpaired) electrons. The number of ether oxygens (including phenoxy) is 1. The van der Waals surface area contributed by atoms with Crippen LogP contribution in [0.4, 0.5) is 0 Å². The highest BCUT2D eigenvalue weighted by molar-refractivity contribution is 5.80. The van der Waals surface area contributed by atoms with E-state index in [-0.39, 0.29) is 0 Å². The summed E-state index contributed by atoms with van der Waals surface area (Å²) in [5, 5.41) is 4.46. The van der Waals surface area contributed by atoms with Gasteiger partial charge in [-0.25, -0.2) is 0 Å². The Bertz CT molecular complexity index is 462. The predicted octanol–water partition coefficient (Wildman–Crippen LogP) is 2.01. The lowest BCUT2D eigenvalue weighted by molar-refractivity contribution is 0.188. The number of nitrogens with one attached hydrogen (secondary N) is 1. The maximum atomic E-state index is 5.10. The highest BCUT2D eigenvalue weighted by Gasteiger charge is 2.01. The fraction of sp³-hybridized carbons (Fsp3) is 0.385. The summed E-state index contributed by atoms with van der Waals surface area (Å²) in [4.78, 5) is 0. The van der Waals surface area contributed by atoms with E-state index >= 15 is 0 Å². The number of fused-ring (bicyclic) bond motifs is 1. The van der Waals surface area contributed by atoms with Crippen molar-refractivity contribution in [2.45, 2.75) is 13.1 Å². The van der Waals surface area contributed by atoms with Crippen molar-refractivity contribution in [3.05, 3.63) is 36.0 Å². The molecule has 0 bridgehead atoms. The quantitative estimate of drug-likeness (QED) is 0.830. The molecule has 3 heteroatoms. The predicted molar refractivity (Wildman–Crippen MR) is 66.6 cm³/mol. The van der Waals surface area contributed by atoms with Gasteiger partial charge in [-0.1, -0.05) is 6.07 Å². The molecule has 3 nitrogen and oxygen atoms in total. The van der Waals surface area contributed by atoms with Gasteiger partial charge in [0.1, 0.15) is 0 Å². The fourth-order valence-corrected chi connectivity index (χ4v) is 1.95. The molecule has 86 valence electrons. The van der Waals surface area contributed by atoms with Crippen LogP contribution in [0.15, 0.2) is 30.5 Å². The normalized spacial score (nSPS) is 11.1. The maximum Gasteiger partial charge on any atom is 0.0641 e. The Morgan fingerprint density at radius 1 is 1.31 bits per heavy atom. The van der Waals surface area contributed by atoms with Crippen LogP contribution in [0.25, 0.3) is 10.9 Å². The molecule has 0 aliphatic rings. The molecule has 0 spiro atoms. The Hall–Kier alpha value is -1.32. The van der Waals surface area contributed by atoms with Crippen molar-refractivity contribution in [3.8, 4) is 0 Å². The van der Waals surface area contributed by atoms with E-state index in [0.717, 1.165) is 19.7 Å². The van der Waals surface area contributed by atoms with E-state index in [0.29, 0.717) is 0 Å². The summed E-state index contributed by atoms with van der Waals surface area (Å²) in [5.41, 5.74) is 2.59. The van der Waals surface area contributed by atoms with Gasteiger partial charge in [0.05, 0.1) is 6.61 Å². The molecule has 0 saturated heterocycles. The van der Waals surface area contributed by atoms with Gasteiger partial charge in [0.25, 0.3) is 0 Å². The van der Waals surface area contributed by atoms with E-state index in [4.69, 9.17) is 4.74 Å². The van der Waals surface area contributed by atoms with E-state index < -0.39 is 0 Å². The van der Waals surface area contributed by atoms with E-state index in [1.807, 2.05) is 7.05 Å². The molecule has 1 aromatic heterocycles. The van der Waals surface area contributed by atoms with Gasteiger partial charge >= 0.3 is 0 Å². The van der Waals surface area contributed by atoms with Gasteiger partial charge in [0.15, 0.2) is 0 Å². The molecule has 0 amide bonds. The molecule has 0 saturated carbocycles. The Balaban J connectivity index is 2.27. The zero-order valence-electron chi connectivity index (χ0n) is 9.86. The van der Waals surface area contributed by atoms with Crippen LogP contribution in [0.3, 0.4) is 0 Å². The van der Waals surface area contributed by atoms with Crippen molar-refractivity contribution >= 4 is 10.9 Å². The summed E-state index contributed by atoms with van der Waals surface area (Å²) >= 11 is 0. The van der Waals surface area contributed by atoms with Crippen LogP contribution in [-0.4, -0.2) is 25.3 Å². The summed E-state index contributed by atoms with van der Waals surface area (Å²) in [6.07, 6.45) is 2.12. The van der Waals surface area contributed by atoms with Gasteiger partial charge in [-0.05, 0) is 36.2 Å². The number of aromatic nitrogens is 1. The van der Waals surface area contributed by atoms with Gasteiger partial charge in [0.2, 0.25) is 0 Å². The standard InChI is InChI=1S/C13H18N2O/c1-14-10-11-3-4-13-12(9-11)5-6-15(13)7-8-16-2/h3-6,9,14H,7-8,10H2,1-2H3. The largest absolute Gasteiger partial charge is 0.383 e. The second kappa shape index (κ2) is 5.14. The van der Waals surface area contributed by atoms with Crippen molar-refractivity contribution in [1.82, 2.24) is 9.88 Å². The van der Waals surface area contributed by atoms with Crippen LogP contribution in [0, 0.1) is 0 Å². The molecule has 1 heterocycles. The van der Waals surface area contributed by atoms with Gasteiger partial charge < -0.3 is 14.6 Å². The van der Waals surface area contributed by atoms with E-state index in [9.17, 15) is 0 Å². The minimum absolute atomic E-state index is 0.752. The Morgan fingerprint density at radius 3 is 2.94 bits per heavy atom. The third-order valence-electron chi connectivity index (χ3n) is 2.75. The summed E-state index contributed by atoms with van der Waals surface area (Å²) in [6, 6.07) is 8.74. The number of methoxy groups -OCH3 is 1. The number of rotatable bonds is 5. The minimum Gasteiger partial charge on any atom is -0.383 e. The molecule has 0 aliphatic heterocycles. The highest BCUT2D eigenvalue weighted by atomic mass is 16.5. The molecule has 0 atom stereocenters. The smallest absolute Gasteiger partial charge is 0.0641 e. The summed E-state index contributed by atoms with van der Waals surface area (Å²) in [7, 11) is 3.70. The monoisotopic (exact) mass is 218 g/mol. The topological polar surface area (TPSA) is 26.2 Å². The first-order valence-electron chi connectivity index (χ1n) is 5.56. The first-order valence-corrected chi connectivity index (χ1v) is 5.56. The van der Waals surface area contributed by atoms with E-state index in [1.54, 1.807) is 7.11 Å². The van der Waals surface area contributed by atoms with E-state index in [2.05, 4.69) is 40.3 Å². The molecule has 2 rings (SSSR count). The first kappa shape index (κ1) is 11.2. The summed E-state index contributed by atoms with van der Waals surface area (Å²) in [5.74, 6) is 0. The molecular weight excluding hydrogens is 200 g/mol. The molecule has 16 heavy (non-hydrogen) atoms. The SMILES string of the molecule is CNCc1ccc2c(ccn2CCOC)c1. The average Bonchev–Trinajstić information content (AvgIpc) is 2.69. The lowest BCUT2D eigenvalue weighted by Crippen LogP contribution is -2.05. The third-order valence-corrected chi connectivity index (χ3v) is 2.75. The second-order valence-electron chi connectivity index (χ2n) is 3.93. The van der Waals surface area contributed by atoms with Gasteiger partial charge in [-0.2, -0.15) is 0 Å². The molecule has 1 aromatic carbocycles.